The van der Waals surface area contributed by atoms with Crippen molar-refractivity contribution in [2.45, 2.75) is 31.3 Å². The maximum absolute atomic E-state index is 10.2. The van der Waals surface area contributed by atoms with Gasteiger partial charge in [-0.3, -0.25) is 0 Å². The minimum Gasteiger partial charge on any atom is -0.391 e. The molecule has 0 aromatic rings. The normalized spacial score (nSPS) is 19.4. The molecule has 0 aliphatic carbocycles. The van der Waals surface area contributed by atoms with Gasteiger partial charge in [-0.2, -0.15) is 0 Å². The van der Waals surface area contributed by atoms with Crippen molar-refractivity contribution < 1.29 is 20.1 Å². The van der Waals surface area contributed by atoms with Crippen LogP contribution in [0.1, 0.15) is 6.92 Å². The Bertz CT molecular complexity index is 214. The highest BCUT2D eigenvalue weighted by Crippen LogP contribution is 2.06. The summed E-state index contributed by atoms with van der Waals surface area (Å²) in [5.74, 6) is 0. The highest BCUT2D eigenvalue weighted by molar-refractivity contribution is 5.59. The van der Waals surface area contributed by atoms with Crippen LogP contribution in [0.5, 0.6) is 0 Å². The third-order valence-electron chi connectivity index (χ3n) is 1.52. The first-order valence-electron chi connectivity index (χ1n) is 3.58. The molecule has 0 aromatic heterocycles. The molecule has 0 bridgehead atoms. The summed E-state index contributed by atoms with van der Waals surface area (Å²) < 4.78 is 0. The van der Waals surface area contributed by atoms with E-state index < -0.39 is 24.4 Å². The molecular formula is C6H11N3O4. The van der Waals surface area contributed by atoms with E-state index in [9.17, 15) is 9.90 Å². The average molecular weight is 189 g/mol. The number of azide groups is 1. The molecule has 0 saturated heterocycles. The van der Waals surface area contributed by atoms with Gasteiger partial charge in [0.1, 0.15) is 18.4 Å². The predicted molar refractivity (Wildman–Crippen MR) is 42.7 cm³/mol. The van der Waals surface area contributed by atoms with E-state index in [0.717, 1.165) is 0 Å². The zero-order chi connectivity index (χ0) is 10.4. The van der Waals surface area contributed by atoms with Gasteiger partial charge in [0.25, 0.3) is 0 Å². The highest BCUT2D eigenvalue weighted by atomic mass is 16.4. The van der Waals surface area contributed by atoms with E-state index in [-0.39, 0.29) is 6.29 Å². The summed E-state index contributed by atoms with van der Waals surface area (Å²) in [6.07, 6.45) is -4.10. The molecule has 0 amide bonds. The van der Waals surface area contributed by atoms with E-state index in [0.29, 0.717) is 0 Å². The fraction of sp³-hybridized carbons (Fsp3) is 0.833. The second-order valence-corrected chi connectivity index (χ2v) is 2.55. The first-order chi connectivity index (χ1) is 6.04. The van der Waals surface area contributed by atoms with Crippen LogP contribution in [-0.2, 0) is 4.79 Å². The molecule has 0 aliphatic rings. The summed E-state index contributed by atoms with van der Waals surface area (Å²) in [6.45, 7) is 1.24. The van der Waals surface area contributed by atoms with Gasteiger partial charge in [0.15, 0.2) is 0 Å². The quantitative estimate of drug-likeness (QED) is 0.221. The summed E-state index contributed by atoms with van der Waals surface area (Å²) in [4.78, 5) is 12.6. The lowest BCUT2D eigenvalue weighted by atomic mass is 10.0. The molecule has 0 heterocycles. The van der Waals surface area contributed by atoms with E-state index in [2.05, 4.69) is 10.0 Å². The van der Waals surface area contributed by atoms with E-state index in [1.165, 1.54) is 6.92 Å². The Morgan fingerprint density at radius 2 is 1.92 bits per heavy atom. The van der Waals surface area contributed by atoms with E-state index in [1.807, 2.05) is 0 Å². The van der Waals surface area contributed by atoms with E-state index >= 15 is 0 Å². The van der Waals surface area contributed by atoms with Crippen molar-refractivity contribution in [1.29, 1.82) is 0 Å². The summed E-state index contributed by atoms with van der Waals surface area (Å²) >= 11 is 0. The molecule has 7 nitrogen and oxygen atoms in total. The van der Waals surface area contributed by atoms with E-state index in [1.54, 1.807) is 0 Å². The van der Waals surface area contributed by atoms with Crippen molar-refractivity contribution in [3.63, 3.8) is 0 Å². The smallest absolute Gasteiger partial charge is 0.131 e. The molecule has 0 spiro atoms. The number of aliphatic hydroxyl groups is 3. The van der Waals surface area contributed by atoms with Crippen LogP contribution in [0.4, 0.5) is 0 Å². The Labute approximate surface area is 74.2 Å². The van der Waals surface area contributed by atoms with Crippen LogP contribution in [0.3, 0.4) is 0 Å². The average Bonchev–Trinajstić information content (AvgIpc) is 2.11. The second kappa shape index (κ2) is 5.50. The summed E-state index contributed by atoms with van der Waals surface area (Å²) in [5.41, 5.74) is 7.98. The summed E-state index contributed by atoms with van der Waals surface area (Å²) in [5, 5.41) is 30.0. The zero-order valence-electron chi connectivity index (χ0n) is 6.98. The van der Waals surface area contributed by atoms with Crippen LogP contribution in [0.25, 0.3) is 10.4 Å². The fourth-order valence-corrected chi connectivity index (χ4v) is 0.723. The fourth-order valence-electron chi connectivity index (χ4n) is 0.723. The topological polar surface area (TPSA) is 127 Å². The second-order valence-electron chi connectivity index (χ2n) is 2.55. The number of hydrogen-bond acceptors (Lipinski definition) is 5. The van der Waals surface area contributed by atoms with Crippen molar-refractivity contribution in [3.05, 3.63) is 10.4 Å². The van der Waals surface area contributed by atoms with Gasteiger partial charge in [-0.05, 0) is 12.5 Å². The largest absolute Gasteiger partial charge is 0.391 e. The van der Waals surface area contributed by atoms with Crippen molar-refractivity contribution in [1.82, 2.24) is 0 Å². The van der Waals surface area contributed by atoms with Crippen LogP contribution < -0.4 is 0 Å². The molecule has 0 radical (unpaired) electrons. The lowest BCUT2D eigenvalue weighted by Gasteiger charge is -2.21. The molecule has 4 atom stereocenters. The van der Waals surface area contributed by atoms with Gasteiger partial charge in [-0.15, -0.1) is 0 Å². The van der Waals surface area contributed by atoms with Gasteiger partial charge in [-0.25, -0.2) is 0 Å². The Hall–Kier alpha value is -1.14. The number of aldehydes is 1. The lowest BCUT2D eigenvalue weighted by molar-refractivity contribution is -0.115. The van der Waals surface area contributed by atoms with Crippen LogP contribution in [0.15, 0.2) is 5.11 Å². The number of hydrogen-bond donors (Lipinski definition) is 3. The minimum atomic E-state index is -1.59. The summed E-state index contributed by atoms with van der Waals surface area (Å²) in [6, 6.07) is -1.38. The van der Waals surface area contributed by atoms with Gasteiger partial charge in [0.2, 0.25) is 0 Å². The number of rotatable bonds is 5. The Kier molecular flexibility index (Phi) is 5.01. The van der Waals surface area contributed by atoms with Gasteiger partial charge >= 0.3 is 0 Å². The Morgan fingerprint density at radius 3 is 2.23 bits per heavy atom. The molecule has 0 aromatic carbocycles. The highest BCUT2D eigenvalue weighted by Gasteiger charge is 2.28. The molecule has 0 saturated carbocycles. The number of aliphatic hydroxyl groups excluding tert-OH is 3. The zero-order valence-corrected chi connectivity index (χ0v) is 6.98. The van der Waals surface area contributed by atoms with Crippen LogP contribution in [0.2, 0.25) is 0 Å². The van der Waals surface area contributed by atoms with Crippen molar-refractivity contribution in [2.75, 3.05) is 0 Å². The Balaban J connectivity index is 4.43. The van der Waals surface area contributed by atoms with Crippen molar-refractivity contribution in [3.8, 4) is 0 Å². The van der Waals surface area contributed by atoms with Crippen molar-refractivity contribution in [2.24, 2.45) is 5.11 Å². The summed E-state index contributed by atoms with van der Waals surface area (Å²) in [7, 11) is 0. The molecular weight excluding hydrogens is 178 g/mol. The molecule has 0 aliphatic heterocycles. The first kappa shape index (κ1) is 11.9. The Morgan fingerprint density at radius 1 is 1.38 bits per heavy atom. The third-order valence-corrected chi connectivity index (χ3v) is 1.52. The predicted octanol–water partition coefficient (Wildman–Crippen LogP) is -1.03. The lowest BCUT2D eigenvalue weighted by Crippen LogP contribution is -2.43. The molecule has 0 rings (SSSR count). The third kappa shape index (κ3) is 3.39. The molecule has 13 heavy (non-hydrogen) atoms. The number of carbonyl (C=O) groups excluding carboxylic acids is 1. The van der Waals surface area contributed by atoms with Gasteiger partial charge in [0.05, 0.1) is 12.2 Å². The standard InChI is InChI=1S/C6H11N3O4/c1-3(11)5(12)6(13)4(2-10)8-9-7/h2-6,11-13H,1H3/t3-,4+,5+,6-/m0/s1. The monoisotopic (exact) mass is 189 g/mol. The molecule has 7 heteroatoms. The number of nitrogens with zero attached hydrogens (tertiary/aromatic N) is 3. The minimum absolute atomic E-state index is 0.204. The molecule has 3 N–H and O–H groups in total. The van der Waals surface area contributed by atoms with Crippen LogP contribution >= 0.6 is 0 Å². The molecule has 0 unspecified atom stereocenters. The van der Waals surface area contributed by atoms with Crippen molar-refractivity contribution >= 4 is 6.29 Å². The maximum Gasteiger partial charge on any atom is 0.131 e. The molecule has 74 valence electrons. The van der Waals surface area contributed by atoms with Crippen LogP contribution in [0, 0.1) is 0 Å². The van der Waals surface area contributed by atoms with Gasteiger partial charge in [0, 0.05) is 4.91 Å². The number of carbonyl (C=O) groups is 1. The maximum atomic E-state index is 10.2. The van der Waals surface area contributed by atoms with Gasteiger partial charge in [-0.1, -0.05) is 5.11 Å². The first-order valence-corrected chi connectivity index (χ1v) is 3.58. The SMILES string of the molecule is C[C@H](O)[C@@H](O)[C@@H](O)[C@@H](C=O)N=[N+]=[N-]. The van der Waals surface area contributed by atoms with E-state index in [4.69, 9.17) is 15.7 Å². The molecule has 0 fully saturated rings. The van der Waals surface area contributed by atoms with Gasteiger partial charge < -0.3 is 20.1 Å². The van der Waals surface area contributed by atoms with Crippen LogP contribution in [-0.4, -0.2) is 46.0 Å².